The van der Waals surface area contributed by atoms with E-state index in [0.29, 0.717) is 22.6 Å². The molecule has 0 aliphatic carbocycles. The number of para-hydroxylation sites is 1. The van der Waals surface area contributed by atoms with Gasteiger partial charge in [0.1, 0.15) is 16.5 Å². The lowest BCUT2D eigenvalue weighted by atomic mass is 10.1. The second kappa shape index (κ2) is 8.56. The molecule has 0 saturated carbocycles. The van der Waals surface area contributed by atoms with Gasteiger partial charge in [-0.15, -0.1) is 0 Å². The molecule has 0 atom stereocenters. The first-order chi connectivity index (χ1) is 15.3. The zero-order valence-electron chi connectivity index (χ0n) is 16.9. The van der Waals surface area contributed by atoms with Gasteiger partial charge in [-0.3, -0.25) is 14.4 Å². The molecule has 0 unspecified atom stereocenters. The molecule has 0 bridgehead atoms. The number of phenolic OH excluding ortho intramolecular Hbond substituents is 1. The van der Waals surface area contributed by atoms with Gasteiger partial charge in [-0.25, -0.2) is 4.90 Å². The molecule has 160 valence electrons. The normalized spacial score (nSPS) is 13.5. The Hall–Kier alpha value is -4.10. The first-order valence-corrected chi connectivity index (χ1v) is 10.0. The van der Waals surface area contributed by atoms with Crippen molar-refractivity contribution in [3.8, 4) is 5.75 Å². The number of benzene rings is 3. The standard InChI is InChI=1S/C24H18ClN3O4/c1-14-6-2-3-11-19(14)28-23(31)20(25)21(24(28)32)26-16-8-4-7-15(12-16)22(30)27-17-9-5-10-18(29)13-17/h2-13,26,29H,1H3,(H,27,30). The minimum absolute atomic E-state index is 0.0300. The summed E-state index contributed by atoms with van der Waals surface area (Å²) in [4.78, 5) is 39.2. The summed E-state index contributed by atoms with van der Waals surface area (Å²) in [6, 6.07) is 19.6. The van der Waals surface area contributed by atoms with E-state index in [2.05, 4.69) is 10.6 Å². The summed E-state index contributed by atoms with van der Waals surface area (Å²) in [5.41, 5.74) is 2.30. The van der Waals surface area contributed by atoms with Gasteiger partial charge in [-0.2, -0.15) is 0 Å². The Kier molecular flexibility index (Phi) is 5.66. The Labute approximate surface area is 188 Å². The second-order valence-corrected chi connectivity index (χ2v) is 7.51. The topological polar surface area (TPSA) is 98.7 Å². The van der Waals surface area contributed by atoms with Gasteiger partial charge in [0, 0.05) is 23.0 Å². The molecule has 0 radical (unpaired) electrons. The lowest BCUT2D eigenvalue weighted by molar-refractivity contribution is -0.120. The molecule has 8 heteroatoms. The molecule has 3 aromatic carbocycles. The van der Waals surface area contributed by atoms with E-state index in [0.717, 1.165) is 10.5 Å². The highest BCUT2D eigenvalue weighted by molar-refractivity contribution is 6.53. The van der Waals surface area contributed by atoms with Crippen molar-refractivity contribution in [2.45, 2.75) is 6.92 Å². The monoisotopic (exact) mass is 447 g/mol. The molecular weight excluding hydrogens is 430 g/mol. The van der Waals surface area contributed by atoms with Crippen LogP contribution in [0.3, 0.4) is 0 Å². The zero-order valence-corrected chi connectivity index (χ0v) is 17.7. The molecule has 3 aromatic rings. The molecular formula is C24H18ClN3O4. The Morgan fingerprint density at radius 3 is 2.38 bits per heavy atom. The van der Waals surface area contributed by atoms with E-state index in [4.69, 9.17) is 11.6 Å². The predicted molar refractivity (Wildman–Crippen MR) is 123 cm³/mol. The summed E-state index contributed by atoms with van der Waals surface area (Å²) in [6.45, 7) is 1.80. The summed E-state index contributed by atoms with van der Waals surface area (Å²) in [5, 5.41) is 14.9. The number of nitrogens with one attached hydrogen (secondary N) is 2. The SMILES string of the molecule is Cc1ccccc1N1C(=O)C(Cl)=C(Nc2cccc(C(=O)Nc3cccc(O)c3)c2)C1=O. The number of aromatic hydroxyl groups is 1. The molecule has 0 fully saturated rings. The van der Waals surface area contributed by atoms with Gasteiger partial charge in [0.15, 0.2) is 0 Å². The maximum absolute atomic E-state index is 13.0. The van der Waals surface area contributed by atoms with Crippen molar-refractivity contribution in [2.24, 2.45) is 0 Å². The van der Waals surface area contributed by atoms with Gasteiger partial charge >= 0.3 is 0 Å². The van der Waals surface area contributed by atoms with Crippen LogP contribution in [-0.2, 0) is 9.59 Å². The molecule has 7 nitrogen and oxygen atoms in total. The van der Waals surface area contributed by atoms with Gasteiger partial charge in [-0.1, -0.05) is 41.9 Å². The number of aryl methyl sites for hydroxylation is 1. The molecule has 3 N–H and O–H groups in total. The third-order valence-electron chi connectivity index (χ3n) is 4.88. The Bertz CT molecular complexity index is 1290. The first-order valence-electron chi connectivity index (χ1n) is 9.67. The fraction of sp³-hybridized carbons (Fsp3) is 0.0417. The maximum atomic E-state index is 13.0. The molecule has 0 aromatic heterocycles. The molecule has 3 amide bonds. The van der Waals surface area contributed by atoms with E-state index in [1.165, 1.54) is 18.2 Å². The fourth-order valence-electron chi connectivity index (χ4n) is 3.31. The van der Waals surface area contributed by atoms with Crippen molar-refractivity contribution in [3.63, 3.8) is 0 Å². The van der Waals surface area contributed by atoms with Crippen molar-refractivity contribution < 1.29 is 19.5 Å². The third kappa shape index (κ3) is 4.06. The summed E-state index contributed by atoms with van der Waals surface area (Å²) in [7, 11) is 0. The van der Waals surface area contributed by atoms with Gasteiger partial charge in [0.25, 0.3) is 17.7 Å². The number of carbonyl (C=O) groups is 3. The van der Waals surface area contributed by atoms with E-state index in [-0.39, 0.29) is 16.5 Å². The van der Waals surface area contributed by atoms with Crippen LogP contribution in [0.2, 0.25) is 0 Å². The highest BCUT2D eigenvalue weighted by Gasteiger charge is 2.39. The Morgan fingerprint density at radius 2 is 1.62 bits per heavy atom. The molecule has 1 aliphatic heterocycles. The zero-order chi connectivity index (χ0) is 22.8. The van der Waals surface area contributed by atoms with Gasteiger partial charge in [-0.05, 0) is 48.9 Å². The number of hydrogen-bond donors (Lipinski definition) is 3. The number of imide groups is 1. The molecule has 0 saturated heterocycles. The first kappa shape index (κ1) is 21.1. The predicted octanol–water partition coefficient (Wildman–Crippen LogP) is 4.39. The van der Waals surface area contributed by atoms with Crippen molar-refractivity contribution >= 4 is 46.4 Å². The van der Waals surface area contributed by atoms with Crippen LogP contribution in [-0.4, -0.2) is 22.8 Å². The van der Waals surface area contributed by atoms with Crippen LogP contribution < -0.4 is 15.5 Å². The number of anilines is 3. The van der Waals surface area contributed by atoms with Crippen LogP contribution in [0.15, 0.2) is 83.5 Å². The van der Waals surface area contributed by atoms with Crippen LogP contribution in [0.4, 0.5) is 17.1 Å². The highest BCUT2D eigenvalue weighted by atomic mass is 35.5. The van der Waals surface area contributed by atoms with Gasteiger partial charge < -0.3 is 15.7 Å². The number of halogens is 1. The van der Waals surface area contributed by atoms with E-state index in [1.54, 1.807) is 55.5 Å². The smallest absolute Gasteiger partial charge is 0.283 e. The number of hydrogen-bond acceptors (Lipinski definition) is 5. The van der Waals surface area contributed by atoms with Crippen LogP contribution >= 0.6 is 11.6 Å². The number of amides is 3. The molecule has 1 heterocycles. The van der Waals surface area contributed by atoms with Crippen LogP contribution in [0.1, 0.15) is 15.9 Å². The lowest BCUT2D eigenvalue weighted by Crippen LogP contribution is -2.32. The second-order valence-electron chi connectivity index (χ2n) is 7.13. The Morgan fingerprint density at radius 1 is 0.906 bits per heavy atom. The van der Waals surface area contributed by atoms with Crippen molar-refractivity contribution in [2.75, 3.05) is 15.5 Å². The maximum Gasteiger partial charge on any atom is 0.283 e. The molecule has 4 rings (SSSR count). The number of nitrogens with zero attached hydrogens (tertiary/aromatic N) is 1. The van der Waals surface area contributed by atoms with Crippen LogP contribution in [0.25, 0.3) is 0 Å². The largest absolute Gasteiger partial charge is 0.508 e. The van der Waals surface area contributed by atoms with E-state index in [9.17, 15) is 19.5 Å². The van der Waals surface area contributed by atoms with Crippen molar-refractivity contribution in [3.05, 3.63) is 94.7 Å². The number of carbonyl (C=O) groups excluding carboxylic acids is 3. The highest BCUT2D eigenvalue weighted by Crippen LogP contribution is 2.32. The van der Waals surface area contributed by atoms with E-state index < -0.39 is 17.7 Å². The summed E-state index contributed by atoms with van der Waals surface area (Å²) >= 11 is 6.20. The van der Waals surface area contributed by atoms with Crippen molar-refractivity contribution in [1.82, 2.24) is 0 Å². The third-order valence-corrected chi connectivity index (χ3v) is 5.23. The van der Waals surface area contributed by atoms with Gasteiger partial charge in [0.05, 0.1) is 5.69 Å². The lowest BCUT2D eigenvalue weighted by Gasteiger charge is -2.17. The van der Waals surface area contributed by atoms with Gasteiger partial charge in [0.2, 0.25) is 0 Å². The van der Waals surface area contributed by atoms with Crippen LogP contribution in [0, 0.1) is 6.92 Å². The minimum atomic E-state index is -0.619. The quantitative estimate of drug-likeness (QED) is 0.504. The molecule has 1 aliphatic rings. The van der Waals surface area contributed by atoms with Crippen molar-refractivity contribution in [1.29, 1.82) is 0 Å². The summed E-state index contributed by atoms with van der Waals surface area (Å²) in [5.74, 6) is -1.58. The summed E-state index contributed by atoms with van der Waals surface area (Å²) < 4.78 is 0. The van der Waals surface area contributed by atoms with E-state index in [1.807, 2.05) is 6.07 Å². The Balaban J connectivity index is 1.55. The average molecular weight is 448 g/mol. The van der Waals surface area contributed by atoms with E-state index >= 15 is 0 Å². The van der Waals surface area contributed by atoms with Crippen LogP contribution in [0.5, 0.6) is 5.75 Å². The number of phenols is 1. The number of rotatable bonds is 5. The fourth-order valence-corrected chi connectivity index (χ4v) is 3.53. The minimum Gasteiger partial charge on any atom is -0.508 e. The summed E-state index contributed by atoms with van der Waals surface area (Å²) in [6.07, 6.45) is 0. The molecule has 0 spiro atoms. The average Bonchev–Trinajstić information content (AvgIpc) is 2.98. The molecule has 32 heavy (non-hydrogen) atoms.